The molecule has 0 aromatic carbocycles. The maximum Gasteiger partial charge on any atom is 0.309 e. The lowest BCUT2D eigenvalue weighted by Gasteiger charge is -2.45. The molecule has 44 nitrogen and oxygen atoms in total. The highest BCUT2D eigenvalue weighted by molar-refractivity contribution is 5.94. The Bertz CT molecular complexity index is 4980. The highest BCUT2D eigenvalue weighted by Crippen LogP contribution is 2.50. The number of imidazole rings is 4. The normalized spacial score (nSPS) is 33.1. The van der Waals surface area contributed by atoms with Gasteiger partial charge in [0.05, 0.1) is 76.0 Å². The maximum atomic E-state index is 11.9. The number of ether oxygens (including phenoxy) is 15. The van der Waals surface area contributed by atoms with Crippen LogP contribution in [-0.2, 0) is 95.0 Å². The Kier molecular flexibility index (Phi) is 24.8. The zero-order valence-electron chi connectivity index (χ0n) is 70.4. The summed E-state index contributed by atoms with van der Waals surface area (Å²) >= 11 is 0. The lowest BCUT2D eigenvalue weighted by molar-refractivity contribution is -0.199. The Labute approximate surface area is 701 Å². The lowest BCUT2D eigenvalue weighted by Crippen LogP contribution is -2.53. The molecule has 12 aliphatic rings. The van der Waals surface area contributed by atoms with Gasteiger partial charge in [-0.2, -0.15) is 0 Å². The number of hydrogen-bond acceptors (Lipinski definition) is 39. The first-order valence-corrected chi connectivity index (χ1v) is 41.0. The van der Waals surface area contributed by atoms with Gasteiger partial charge in [0, 0.05) is 63.2 Å². The van der Waals surface area contributed by atoms with Gasteiger partial charge in [0.2, 0.25) is 0 Å². The van der Waals surface area contributed by atoms with E-state index in [1.54, 1.807) is 34.4 Å². The average Bonchev–Trinajstić information content (AvgIpc) is 1.67. The van der Waals surface area contributed by atoms with Gasteiger partial charge in [0.15, 0.2) is 82.5 Å². The van der Waals surface area contributed by atoms with E-state index >= 15 is 0 Å². The Balaban J connectivity index is 0.000000123. The topological polar surface area (TPSA) is 576 Å². The number of hydrogen-bond donors (Lipinski definition) is 9. The van der Waals surface area contributed by atoms with E-state index in [1.165, 1.54) is 40.3 Å². The Morgan fingerprint density at radius 1 is 0.492 bits per heavy atom. The summed E-state index contributed by atoms with van der Waals surface area (Å²) in [6.07, 6.45) is 10.8. The molecule has 4 saturated carbocycles. The molecule has 0 bridgehead atoms. The number of nitrogen functional groups attached to an aromatic ring is 4. The highest BCUT2D eigenvalue weighted by Gasteiger charge is 2.61. The molecule has 15 heterocycles. The van der Waals surface area contributed by atoms with Gasteiger partial charge in [-0.1, -0.05) is 6.58 Å². The van der Waals surface area contributed by atoms with Crippen LogP contribution in [0.3, 0.4) is 0 Å². The summed E-state index contributed by atoms with van der Waals surface area (Å²) < 4.78 is 95.4. The van der Waals surface area contributed by atoms with Crippen molar-refractivity contribution in [3.05, 3.63) is 56.6 Å². The van der Waals surface area contributed by atoms with E-state index in [0.717, 1.165) is 25.7 Å². The van der Waals surface area contributed by atoms with E-state index < -0.39 is 54.0 Å². The number of Topliss-reactive ketones (excluding diaryl/α,β-unsaturated/α-hetero) is 1. The number of nitrogens with zero attached hydrogens (tertiary/aromatic N) is 15. The highest BCUT2D eigenvalue weighted by atomic mass is 16.8. The quantitative estimate of drug-likeness (QED) is 0.0389. The molecule has 0 unspecified atom stereocenters. The van der Waals surface area contributed by atoms with Crippen molar-refractivity contribution >= 4 is 92.1 Å². The van der Waals surface area contributed by atoms with Crippen molar-refractivity contribution in [1.82, 2.24) is 83.6 Å². The van der Waals surface area contributed by atoms with Crippen LogP contribution >= 0.6 is 0 Å². The SMILES string of the molecule is C=C(N)c1ncn([C@@H]2O[C@H](CNC3CC(C(=O)O)C3)[C@H]3OC(C)(C)O[C@H]32)c1N.CC1(C)O[C@@H]2[C@H](O1)[C@@H](CN)O[C@H]2n1cnc2c(N)ncnc21.COC(=O)C1CC(=O)C1.COC(=O)C1CC(N(C[C@H]2O[C@@H](n3cnc4c(N)ncnc43)[C@@H]3OC(C)(C)O[C@@H]32)C(C)C)C1.COC(=O)C1CC(NC[C@H]2O[C@@H](n3cnc4c(N)ncnc43)[C@@H]3OC(C)(C)O[C@@H]32)C1. The Morgan fingerprint density at radius 3 is 1.19 bits per heavy atom. The van der Waals surface area contributed by atoms with Crippen LogP contribution in [0.4, 0.5) is 23.3 Å². The third kappa shape index (κ3) is 17.6. The van der Waals surface area contributed by atoms with Crippen molar-refractivity contribution in [3.8, 4) is 0 Å². The number of rotatable bonds is 20. The molecular weight excluding hydrogens is 1590 g/mol. The number of carboxylic acid groups (broad SMARTS) is 1. The molecule has 8 aliphatic heterocycles. The molecule has 0 spiro atoms. The standard InChI is InChI=1S/C22H32N6O5.C19H26N6O5.C18H27N5O5.C13H18N6O3.C6H8O3/c1-11(2)27(13-6-12(7-13)21(29)30-5)8-14-16-17(33-22(3,4)32-16)20(31-14)28-10-26-15-18(23)24-9-25-19(15)28;1-19(2)29-13-11(6-21-10-4-9(5-10)18(26)27-3)28-17(14(13)30-19)25-8-24-12-15(20)22-7-23-16(12)25;1-8(19)12-15(20)23(7-22-12)16-14-13(27-18(2,3)28-14)11(26-16)6-21-10-4-9(5-10)17(24)25;1-13(2)21-8-6(3-14)20-12(9(8)22-13)19-5-18-7-10(15)16-4-17-11(7)19;1-9-6(8)4-2-5(7)3-4/h9-14,16-17,20H,6-8H2,1-5H3,(H2,23,24,25);7-11,13-14,17,21H,4-6H2,1-3H3,(H2,20,22,23);7,9-11,13-14,16,21H,1,4-6,19-20H2,2-3H3,(H,24,25);4-6,8-9,12H,3,14H2,1-2H3,(H2,15,16,17);4H,2-3H2,1H3/t12?,13?,14-,16-,17-,20-;9?,10?,11-,13-,14-,17-;9?,10?,11-,13-,14-,16-;6-,8-,9-,12-;/m1111./s1. The van der Waals surface area contributed by atoms with E-state index in [-0.39, 0.29) is 144 Å². The summed E-state index contributed by atoms with van der Waals surface area (Å²) in [5.74, 6) is -3.08. The second-order valence-corrected chi connectivity index (χ2v) is 34.6. The van der Waals surface area contributed by atoms with E-state index in [4.69, 9.17) is 106 Å². The molecule has 0 radical (unpaired) electrons. The fourth-order valence-electron chi connectivity index (χ4n) is 17.9. The monoisotopic (exact) mass is 1710 g/mol. The summed E-state index contributed by atoms with van der Waals surface area (Å²) in [6, 6.07) is 1.01. The van der Waals surface area contributed by atoms with Crippen LogP contribution in [-0.4, -0.2) is 276 Å². The molecule has 0 amide bonds. The predicted octanol–water partition coefficient (Wildman–Crippen LogP) is 2.04. The van der Waals surface area contributed by atoms with Crippen LogP contribution in [0, 0.1) is 23.7 Å². The fraction of sp³-hybridized carbons (Fsp3) is 0.679. The maximum absolute atomic E-state index is 11.9. The van der Waals surface area contributed by atoms with Gasteiger partial charge in [-0.15, -0.1) is 0 Å². The van der Waals surface area contributed by atoms with E-state index in [0.29, 0.717) is 120 Å². The van der Waals surface area contributed by atoms with Gasteiger partial charge in [-0.3, -0.25) is 47.1 Å². The van der Waals surface area contributed by atoms with Crippen LogP contribution < -0.4 is 45.0 Å². The number of aromatic nitrogens is 14. The third-order valence-electron chi connectivity index (χ3n) is 24.2. The number of nitrogens with two attached hydrogens (primary N) is 6. The first-order chi connectivity index (χ1) is 57.9. The first-order valence-electron chi connectivity index (χ1n) is 41.0. The van der Waals surface area contributed by atoms with Crippen molar-refractivity contribution in [2.24, 2.45) is 35.1 Å². The number of carbonyl (C=O) groups is 5. The number of anilines is 4. The molecular formula is C78H111N23O21. The van der Waals surface area contributed by atoms with Crippen molar-refractivity contribution < 1.29 is 100 Å². The number of carboxylic acids is 1. The summed E-state index contributed by atoms with van der Waals surface area (Å²) in [4.78, 5) is 99.8. The molecule has 19 rings (SSSR count). The number of carbonyl (C=O) groups excluding carboxylic acids is 4. The van der Waals surface area contributed by atoms with Crippen LogP contribution in [0.2, 0.25) is 0 Å². The molecule has 7 aromatic rings. The van der Waals surface area contributed by atoms with Gasteiger partial charge in [0.1, 0.15) is 126 Å². The van der Waals surface area contributed by atoms with Crippen LogP contribution in [0.15, 0.2) is 50.9 Å². The van der Waals surface area contributed by atoms with Gasteiger partial charge in [-0.25, -0.2) is 49.8 Å². The van der Waals surface area contributed by atoms with E-state index in [2.05, 4.69) is 90.5 Å². The van der Waals surface area contributed by atoms with Gasteiger partial charge in [-0.05, 0) is 108 Å². The third-order valence-corrected chi connectivity index (χ3v) is 24.2. The molecule has 16 atom stereocenters. The van der Waals surface area contributed by atoms with Gasteiger partial charge < -0.3 is 121 Å². The molecule has 12 fully saturated rings. The molecule has 664 valence electrons. The lowest BCUT2D eigenvalue weighted by atomic mass is 9.78. The molecule has 44 heteroatoms. The predicted molar refractivity (Wildman–Crippen MR) is 428 cm³/mol. The number of esters is 3. The minimum Gasteiger partial charge on any atom is -0.481 e. The zero-order valence-corrected chi connectivity index (χ0v) is 70.4. The van der Waals surface area contributed by atoms with E-state index in [9.17, 15) is 24.0 Å². The number of ketones is 1. The van der Waals surface area contributed by atoms with Gasteiger partial charge in [0.25, 0.3) is 0 Å². The summed E-state index contributed by atoms with van der Waals surface area (Å²) in [5, 5.41) is 15.9. The molecule has 4 aliphatic carbocycles. The van der Waals surface area contributed by atoms with Gasteiger partial charge >= 0.3 is 23.9 Å². The van der Waals surface area contributed by atoms with E-state index in [1.807, 2.05) is 64.5 Å². The Hall–Kier alpha value is -9.49. The second-order valence-electron chi connectivity index (χ2n) is 34.6. The Morgan fingerprint density at radius 2 is 0.828 bits per heavy atom. The minimum absolute atomic E-state index is 0.0232. The van der Waals surface area contributed by atoms with Crippen LogP contribution in [0.1, 0.15) is 151 Å². The summed E-state index contributed by atoms with van der Waals surface area (Å²) in [7, 11) is 4.21. The second kappa shape index (κ2) is 34.6. The van der Waals surface area contributed by atoms with Crippen molar-refractivity contribution in [2.45, 2.75) is 266 Å². The van der Waals surface area contributed by atoms with Crippen LogP contribution in [0.5, 0.6) is 0 Å². The van der Waals surface area contributed by atoms with Crippen molar-refractivity contribution in [3.63, 3.8) is 0 Å². The number of nitrogens with one attached hydrogen (secondary N) is 2. The molecule has 8 saturated heterocycles. The average molecular weight is 1710 g/mol. The first kappa shape index (κ1) is 87.4. The van der Waals surface area contributed by atoms with Crippen LogP contribution in [0.25, 0.3) is 39.2 Å². The summed E-state index contributed by atoms with van der Waals surface area (Å²) in [6.45, 7) is 25.2. The number of methoxy groups -OCH3 is 3. The largest absolute Gasteiger partial charge is 0.481 e. The molecule has 7 aromatic heterocycles. The minimum atomic E-state index is -0.740. The smallest absolute Gasteiger partial charge is 0.309 e. The zero-order chi connectivity index (χ0) is 87.1. The summed E-state index contributed by atoms with van der Waals surface area (Å²) in [5.41, 5.74) is 39.6. The molecule has 15 N–H and O–H groups in total. The molecule has 122 heavy (non-hydrogen) atoms. The fourth-order valence-corrected chi connectivity index (χ4v) is 17.9. The number of aliphatic carboxylic acids is 1. The van der Waals surface area contributed by atoms with Crippen molar-refractivity contribution in [1.29, 1.82) is 0 Å². The van der Waals surface area contributed by atoms with Crippen molar-refractivity contribution in [2.75, 3.05) is 70.4 Å². The number of fused-ring (bicyclic) bond motifs is 7.